The molecule has 3 aromatic rings. The van der Waals surface area contributed by atoms with Crippen molar-refractivity contribution >= 4 is 17.0 Å². The van der Waals surface area contributed by atoms with Gasteiger partial charge in [-0.1, -0.05) is 0 Å². The van der Waals surface area contributed by atoms with Gasteiger partial charge in [0.15, 0.2) is 5.65 Å². The molecule has 1 spiro atoms. The Morgan fingerprint density at radius 1 is 1.06 bits per heavy atom. The van der Waals surface area contributed by atoms with E-state index in [2.05, 4.69) is 20.4 Å². The van der Waals surface area contributed by atoms with E-state index in [0.29, 0.717) is 36.6 Å². The van der Waals surface area contributed by atoms with E-state index in [1.54, 1.807) is 6.20 Å². The average molecular weight is 481 g/mol. The smallest absolute Gasteiger partial charge is 0.357 e. The molecule has 7 nitrogen and oxygen atoms in total. The van der Waals surface area contributed by atoms with Gasteiger partial charge in [-0.25, -0.2) is 28.4 Å². The first kappa shape index (κ1) is 22.9. The van der Waals surface area contributed by atoms with E-state index in [9.17, 15) is 22.0 Å². The van der Waals surface area contributed by atoms with E-state index in [4.69, 9.17) is 4.98 Å². The number of aromatic nitrogens is 5. The maximum atomic E-state index is 12.9. The second kappa shape index (κ2) is 8.71. The number of piperidine rings is 2. The molecular formula is C22H24F5N7. The predicted molar refractivity (Wildman–Crippen MR) is 115 cm³/mol. The number of anilines is 1. The van der Waals surface area contributed by atoms with E-state index >= 15 is 0 Å². The molecule has 0 saturated carbocycles. The summed E-state index contributed by atoms with van der Waals surface area (Å²) < 4.78 is 65.6. The van der Waals surface area contributed by atoms with Crippen LogP contribution in [-0.4, -0.2) is 57.3 Å². The van der Waals surface area contributed by atoms with Gasteiger partial charge in [-0.3, -0.25) is 0 Å². The van der Waals surface area contributed by atoms with Crippen LogP contribution in [0.5, 0.6) is 0 Å². The normalized spacial score (nSPS) is 21.0. The van der Waals surface area contributed by atoms with Crippen LogP contribution in [0.2, 0.25) is 0 Å². The molecule has 2 aliphatic heterocycles. The van der Waals surface area contributed by atoms with Crippen molar-refractivity contribution in [1.29, 1.82) is 0 Å². The Kier molecular flexibility index (Phi) is 5.86. The number of hydrogen-bond acceptors (Lipinski definition) is 6. The molecule has 12 heteroatoms. The van der Waals surface area contributed by atoms with Crippen molar-refractivity contribution < 1.29 is 22.0 Å². The summed E-state index contributed by atoms with van der Waals surface area (Å²) in [6.07, 6.45) is -0.372. The summed E-state index contributed by atoms with van der Waals surface area (Å²) in [7, 11) is 0. The second-order valence-electron chi connectivity index (χ2n) is 8.98. The molecule has 1 atom stereocenters. The first-order chi connectivity index (χ1) is 16.2. The highest BCUT2D eigenvalue weighted by Gasteiger charge is 2.44. The fourth-order valence-electron chi connectivity index (χ4n) is 5.21. The van der Waals surface area contributed by atoms with Crippen molar-refractivity contribution in [3.05, 3.63) is 42.0 Å². The summed E-state index contributed by atoms with van der Waals surface area (Å²) in [5.74, 6) is 0.571. The standard InChI is InChI=1S/C22H24F5N7/c23-18(24)13-34-20-17(12-31-34)29-11-16(32-20)15-10-28-6-3-21(15)4-7-33(8-5-21)19-2-1-14(9-30-19)22(25,26)27/h1-2,9,11-12,15,18,28H,3-8,10,13H2. The first-order valence-electron chi connectivity index (χ1n) is 11.2. The lowest BCUT2D eigenvalue weighted by molar-refractivity contribution is -0.137. The Balaban J connectivity index is 1.36. The number of rotatable bonds is 4. The molecule has 2 aliphatic rings. The molecule has 2 fully saturated rings. The quantitative estimate of drug-likeness (QED) is 0.571. The molecule has 1 N–H and O–H groups in total. The zero-order valence-corrected chi connectivity index (χ0v) is 18.3. The van der Waals surface area contributed by atoms with E-state index in [1.807, 2.05) is 4.90 Å². The minimum absolute atomic E-state index is 0.0377. The largest absolute Gasteiger partial charge is 0.417 e. The molecule has 3 aromatic heterocycles. The van der Waals surface area contributed by atoms with Crippen molar-refractivity contribution in [3.8, 4) is 0 Å². The molecule has 5 heterocycles. The molecule has 0 amide bonds. The highest BCUT2D eigenvalue weighted by Crippen LogP contribution is 2.48. The lowest BCUT2D eigenvalue weighted by Crippen LogP contribution is -2.50. The highest BCUT2D eigenvalue weighted by molar-refractivity contribution is 5.69. The lowest BCUT2D eigenvalue weighted by Gasteiger charge is -2.49. The van der Waals surface area contributed by atoms with Crippen LogP contribution in [-0.2, 0) is 12.7 Å². The van der Waals surface area contributed by atoms with Crippen LogP contribution in [0.15, 0.2) is 30.7 Å². The topological polar surface area (TPSA) is 71.8 Å². The molecule has 5 rings (SSSR count). The molecule has 0 radical (unpaired) electrons. The number of nitrogens with zero attached hydrogens (tertiary/aromatic N) is 6. The van der Waals surface area contributed by atoms with E-state index in [1.165, 1.54) is 16.9 Å². The van der Waals surface area contributed by atoms with Gasteiger partial charge < -0.3 is 10.2 Å². The molecule has 1 unspecified atom stereocenters. The Morgan fingerprint density at radius 2 is 1.85 bits per heavy atom. The molecular weight excluding hydrogens is 457 g/mol. The highest BCUT2D eigenvalue weighted by atomic mass is 19.4. The van der Waals surface area contributed by atoms with Crippen molar-refractivity contribution in [1.82, 2.24) is 30.0 Å². The molecule has 0 aliphatic carbocycles. The minimum atomic E-state index is -4.41. The first-order valence-corrected chi connectivity index (χ1v) is 11.2. The van der Waals surface area contributed by atoms with Crippen LogP contribution in [0.25, 0.3) is 11.2 Å². The number of alkyl halides is 5. The Morgan fingerprint density at radius 3 is 2.53 bits per heavy atom. The third-order valence-corrected chi connectivity index (χ3v) is 7.08. The van der Waals surface area contributed by atoms with Gasteiger partial charge in [0, 0.05) is 37.9 Å². The zero-order valence-electron chi connectivity index (χ0n) is 18.3. The van der Waals surface area contributed by atoms with Crippen LogP contribution < -0.4 is 10.2 Å². The molecule has 182 valence electrons. The monoisotopic (exact) mass is 481 g/mol. The Bertz CT molecular complexity index is 1140. The molecule has 0 aromatic carbocycles. The van der Waals surface area contributed by atoms with Gasteiger partial charge in [0.1, 0.15) is 17.9 Å². The van der Waals surface area contributed by atoms with Gasteiger partial charge in [-0.05, 0) is 43.4 Å². The van der Waals surface area contributed by atoms with E-state index in [-0.39, 0.29) is 11.3 Å². The lowest BCUT2D eigenvalue weighted by atomic mass is 9.64. The van der Waals surface area contributed by atoms with Crippen molar-refractivity contribution in [2.75, 3.05) is 31.1 Å². The van der Waals surface area contributed by atoms with E-state index < -0.39 is 24.7 Å². The number of hydrogen-bond donors (Lipinski definition) is 1. The third-order valence-electron chi connectivity index (χ3n) is 7.08. The summed E-state index contributed by atoms with van der Waals surface area (Å²) in [6.45, 7) is 2.34. The van der Waals surface area contributed by atoms with Crippen LogP contribution >= 0.6 is 0 Å². The summed E-state index contributed by atoms with van der Waals surface area (Å²) in [5.41, 5.74) is 0.749. The van der Waals surface area contributed by atoms with Crippen molar-refractivity contribution in [3.63, 3.8) is 0 Å². The number of halogens is 5. The van der Waals surface area contributed by atoms with Gasteiger partial charge in [0.25, 0.3) is 6.43 Å². The zero-order chi connectivity index (χ0) is 23.9. The van der Waals surface area contributed by atoms with Gasteiger partial charge in [0.2, 0.25) is 0 Å². The molecule has 0 bridgehead atoms. The maximum Gasteiger partial charge on any atom is 0.417 e. The Labute approximate surface area is 192 Å². The van der Waals surface area contributed by atoms with Gasteiger partial charge in [-0.2, -0.15) is 18.3 Å². The SMILES string of the molecule is FC(F)Cn1ncc2ncc(C3CNCCC34CCN(c3ccc(C(F)(F)F)cn3)CC4)nc21. The second-order valence-corrected chi connectivity index (χ2v) is 8.98. The van der Waals surface area contributed by atoms with E-state index in [0.717, 1.165) is 43.8 Å². The summed E-state index contributed by atoms with van der Waals surface area (Å²) in [6, 6.07) is 2.48. The minimum Gasteiger partial charge on any atom is -0.357 e. The van der Waals surface area contributed by atoms with Crippen molar-refractivity contribution in [2.45, 2.75) is 44.3 Å². The van der Waals surface area contributed by atoms with Crippen LogP contribution in [0.4, 0.5) is 27.8 Å². The average Bonchev–Trinajstić information content (AvgIpc) is 3.21. The fourth-order valence-corrected chi connectivity index (χ4v) is 5.21. The van der Waals surface area contributed by atoms with Crippen LogP contribution in [0.3, 0.4) is 0 Å². The summed E-state index contributed by atoms with van der Waals surface area (Å²) in [5, 5.41) is 7.42. The van der Waals surface area contributed by atoms with Crippen LogP contribution in [0.1, 0.15) is 36.4 Å². The summed E-state index contributed by atoms with van der Waals surface area (Å²) >= 11 is 0. The van der Waals surface area contributed by atoms with Gasteiger partial charge in [0.05, 0.1) is 17.5 Å². The molecule has 2 saturated heterocycles. The Hall–Kier alpha value is -2.89. The van der Waals surface area contributed by atoms with Gasteiger partial charge >= 0.3 is 6.18 Å². The maximum absolute atomic E-state index is 12.9. The predicted octanol–water partition coefficient (Wildman–Crippen LogP) is 3.87. The number of fused-ring (bicyclic) bond motifs is 1. The third kappa shape index (κ3) is 4.30. The van der Waals surface area contributed by atoms with Crippen molar-refractivity contribution in [2.24, 2.45) is 5.41 Å². The van der Waals surface area contributed by atoms with Gasteiger partial charge in [-0.15, -0.1) is 0 Å². The fraction of sp³-hybridized carbons (Fsp3) is 0.545. The molecule has 34 heavy (non-hydrogen) atoms. The number of nitrogens with one attached hydrogen (secondary N) is 1. The van der Waals surface area contributed by atoms with Crippen LogP contribution in [0, 0.1) is 5.41 Å². The number of pyridine rings is 1. The summed E-state index contributed by atoms with van der Waals surface area (Å²) in [4.78, 5) is 15.2.